The monoisotopic (exact) mass is 387 g/mol. The van der Waals surface area contributed by atoms with Crippen LogP contribution in [0.25, 0.3) is 11.4 Å². The van der Waals surface area contributed by atoms with Gasteiger partial charge in [0.05, 0.1) is 17.5 Å². The molecule has 8 heteroatoms. The van der Waals surface area contributed by atoms with Crippen molar-refractivity contribution in [3.63, 3.8) is 0 Å². The van der Waals surface area contributed by atoms with Gasteiger partial charge in [-0.2, -0.15) is 0 Å². The Morgan fingerprint density at radius 3 is 2.64 bits per heavy atom. The van der Waals surface area contributed by atoms with Crippen molar-refractivity contribution >= 4 is 11.8 Å². The van der Waals surface area contributed by atoms with Gasteiger partial charge in [0.1, 0.15) is 18.1 Å². The number of rotatable bonds is 4. The zero-order valence-electron chi connectivity index (χ0n) is 17.2. The van der Waals surface area contributed by atoms with Gasteiger partial charge in [-0.3, -0.25) is 9.59 Å². The second-order valence-corrected chi connectivity index (χ2v) is 8.37. The molecular formula is C20H29N5O3. The fourth-order valence-corrected chi connectivity index (χ4v) is 3.53. The van der Waals surface area contributed by atoms with Crippen LogP contribution in [0, 0.1) is 5.41 Å². The summed E-state index contributed by atoms with van der Waals surface area (Å²) in [6.45, 7) is 8.10. The zero-order chi connectivity index (χ0) is 20.5. The van der Waals surface area contributed by atoms with Gasteiger partial charge in [-0.25, -0.2) is 4.98 Å². The molecule has 152 valence electrons. The topological polar surface area (TPSA) is 92.4 Å². The number of hydrogen-bond donors (Lipinski definition) is 2. The summed E-state index contributed by atoms with van der Waals surface area (Å²) in [5, 5.41) is 5.53. The molecule has 0 aliphatic carbocycles. The van der Waals surface area contributed by atoms with Crippen molar-refractivity contribution in [1.29, 1.82) is 0 Å². The summed E-state index contributed by atoms with van der Waals surface area (Å²) in [6, 6.07) is 1.18. The first-order valence-electron chi connectivity index (χ1n) is 9.55. The lowest BCUT2D eigenvalue weighted by atomic mass is 9.86. The van der Waals surface area contributed by atoms with Crippen LogP contribution in [0.15, 0.2) is 23.0 Å². The third-order valence-corrected chi connectivity index (χ3v) is 5.06. The SMILES string of the molecule is CNC(=O)[C@@H](NC(=O)c1nc(-c2ccoc2)n2c1CN(C)CCC2)C(C)(C)C. The van der Waals surface area contributed by atoms with Gasteiger partial charge < -0.3 is 24.5 Å². The fraction of sp³-hybridized carbons (Fsp3) is 0.550. The number of hydrogen-bond acceptors (Lipinski definition) is 5. The predicted molar refractivity (Wildman–Crippen MR) is 106 cm³/mol. The zero-order valence-corrected chi connectivity index (χ0v) is 17.2. The molecule has 0 unspecified atom stereocenters. The van der Waals surface area contributed by atoms with Crippen molar-refractivity contribution in [3.8, 4) is 11.4 Å². The molecule has 0 aromatic carbocycles. The number of carbonyl (C=O) groups is 2. The molecule has 2 amide bonds. The molecule has 8 nitrogen and oxygen atoms in total. The molecule has 28 heavy (non-hydrogen) atoms. The van der Waals surface area contributed by atoms with E-state index in [0.29, 0.717) is 12.2 Å². The highest BCUT2D eigenvalue weighted by molar-refractivity contribution is 5.97. The number of aromatic nitrogens is 2. The van der Waals surface area contributed by atoms with Crippen LogP contribution in [0.4, 0.5) is 0 Å². The lowest BCUT2D eigenvalue weighted by Gasteiger charge is -2.29. The van der Waals surface area contributed by atoms with Crippen molar-refractivity contribution in [3.05, 3.63) is 30.0 Å². The molecule has 0 saturated heterocycles. The minimum absolute atomic E-state index is 0.224. The van der Waals surface area contributed by atoms with E-state index in [2.05, 4.69) is 25.1 Å². The van der Waals surface area contributed by atoms with Gasteiger partial charge in [-0.05, 0) is 31.5 Å². The van der Waals surface area contributed by atoms with Crippen LogP contribution in [0.2, 0.25) is 0 Å². The maximum atomic E-state index is 13.2. The Labute approximate surface area is 165 Å². The molecule has 1 aliphatic rings. The van der Waals surface area contributed by atoms with Gasteiger partial charge >= 0.3 is 0 Å². The summed E-state index contributed by atoms with van der Waals surface area (Å²) in [5.41, 5.74) is 1.63. The molecule has 3 heterocycles. The van der Waals surface area contributed by atoms with Crippen LogP contribution < -0.4 is 10.6 Å². The second-order valence-electron chi connectivity index (χ2n) is 8.37. The van der Waals surface area contributed by atoms with E-state index in [1.807, 2.05) is 33.9 Å². The molecule has 2 aromatic rings. The van der Waals surface area contributed by atoms with Gasteiger partial charge in [0.15, 0.2) is 5.69 Å². The number of furan rings is 1. The van der Waals surface area contributed by atoms with E-state index < -0.39 is 11.5 Å². The number of fused-ring (bicyclic) bond motifs is 1. The van der Waals surface area contributed by atoms with Crippen molar-refractivity contribution < 1.29 is 14.0 Å². The second kappa shape index (κ2) is 7.79. The normalized spacial score (nSPS) is 16.2. The van der Waals surface area contributed by atoms with Crippen LogP contribution in [0.5, 0.6) is 0 Å². The molecule has 2 N–H and O–H groups in total. The molecule has 3 rings (SSSR count). The molecule has 0 spiro atoms. The molecule has 1 aliphatic heterocycles. The summed E-state index contributed by atoms with van der Waals surface area (Å²) < 4.78 is 7.31. The number of nitrogens with one attached hydrogen (secondary N) is 2. The van der Waals surface area contributed by atoms with Crippen LogP contribution in [0.1, 0.15) is 43.4 Å². The Balaban J connectivity index is 2.01. The Bertz CT molecular complexity index is 848. The standard InChI is InChI=1S/C20H29N5O3/c1-20(2,3)16(19(27)21-4)23-18(26)15-14-11-24(5)8-6-9-25(14)17(22-15)13-7-10-28-12-13/h7,10,12,16H,6,8-9,11H2,1-5H3,(H,21,27)(H,23,26)/t16-/m1/s1. The van der Waals surface area contributed by atoms with Gasteiger partial charge in [0, 0.05) is 20.1 Å². The van der Waals surface area contributed by atoms with Crippen molar-refractivity contribution in [2.45, 2.75) is 46.3 Å². The maximum Gasteiger partial charge on any atom is 0.272 e. The first kappa shape index (κ1) is 20.1. The minimum Gasteiger partial charge on any atom is -0.472 e. The number of amides is 2. The minimum atomic E-state index is -0.664. The summed E-state index contributed by atoms with van der Waals surface area (Å²) in [5.74, 6) is 0.159. The van der Waals surface area contributed by atoms with E-state index in [0.717, 1.165) is 36.6 Å². The van der Waals surface area contributed by atoms with E-state index >= 15 is 0 Å². The third-order valence-electron chi connectivity index (χ3n) is 5.06. The van der Waals surface area contributed by atoms with E-state index in [1.165, 1.54) is 0 Å². The average Bonchev–Trinajstić information content (AvgIpc) is 3.22. The first-order chi connectivity index (χ1) is 13.2. The highest BCUT2D eigenvalue weighted by Crippen LogP contribution is 2.27. The number of imidazole rings is 1. The molecule has 0 saturated carbocycles. The van der Waals surface area contributed by atoms with E-state index in [9.17, 15) is 9.59 Å². The Morgan fingerprint density at radius 1 is 1.29 bits per heavy atom. The summed E-state index contributed by atoms with van der Waals surface area (Å²) in [4.78, 5) is 32.4. The lowest BCUT2D eigenvalue weighted by molar-refractivity contribution is -0.124. The van der Waals surface area contributed by atoms with Gasteiger partial charge in [-0.15, -0.1) is 0 Å². The van der Waals surface area contributed by atoms with E-state index in [-0.39, 0.29) is 11.8 Å². The fourth-order valence-electron chi connectivity index (χ4n) is 3.53. The maximum absolute atomic E-state index is 13.2. The Hall–Kier alpha value is -2.61. The van der Waals surface area contributed by atoms with Gasteiger partial charge in [0.2, 0.25) is 5.91 Å². The highest BCUT2D eigenvalue weighted by atomic mass is 16.3. The largest absolute Gasteiger partial charge is 0.472 e. The van der Waals surface area contributed by atoms with E-state index in [1.54, 1.807) is 19.6 Å². The van der Waals surface area contributed by atoms with Crippen LogP contribution in [-0.4, -0.2) is 52.9 Å². The molecule has 1 atom stereocenters. The number of carbonyl (C=O) groups excluding carboxylic acids is 2. The predicted octanol–water partition coefficient (Wildman–Crippen LogP) is 1.87. The molecule has 0 bridgehead atoms. The third kappa shape index (κ3) is 3.96. The van der Waals surface area contributed by atoms with Crippen molar-refractivity contribution in [2.75, 3.05) is 20.6 Å². The lowest BCUT2D eigenvalue weighted by Crippen LogP contribution is -2.53. The molecule has 0 radical (unpaired) electrons. The van der Waals surface area contributed by atoms with Crippen LogP contribution >= 0.6 is 0 Å². The van der Waals surface area contributed by atoms with Gasteiger partial charge in [0.25, 0.3) is 5.91 Å². The van der Waals surface area contributed by atoms with Crippen molar-refractivity contribution in [1.82, 2.24) is 25.1 Å². The molecule has 0 fully saturated rings. The van der Waals surface area contributed by atoms with Crippen molar-refractivity contribution in [2.24, 2.45) is 5.41 Å². The molecular weight excluding hydrogens is 358 g/mol. The Morgan fingerprint density at radius 2 is 2.04 bits per heavy atom. The number of nitrogens with zero attached hydrogens (tertiary/aromatic N) is 3. The molecule has 2 aromatic heterocycles. The van der Waals surface area contributed by atoms with Crippen LogP contribution in [0.3, 0.4) is 0 Å². The average molecular weight is 387 g/mol. The Kier molecular flexibility index (Phi) is 5.60. The quantitative estimate of drug-likeness (QED) is 0.836. The smallest absolute Gasteiger partial charge is 0.272 e. The highest BCUT2D eigenvalue weighted by Gasteiger charge is 2.34. The first-order valence-corrected chi connectivity index (χ1v) is 9.55. The van der Waals surface area contributed by atoms with Crippen LogP contribution in [-0.2, 0) is 17.9 Å². The summed E-state index contributed by atoms with van der Waals surface area (Å²) in [7, 11) is 3.60. The van der Waals surface area contributed by atoms with Gasteiger partial charge in [-0.1, -0.05) is 20.8 Å². The number of likely N-dealkylation sites (N-methyl/N-ethyl adjacent to an activating group) is 1. The summed E-state index contributed by atoms with van der Waals surface area (Å²) >= 11 is 0. The van der Waals surface area contributed by atoms with E-state index in [4.69, 9.17) is 4.42 Å². The summed E-state index contributed by atoms with van der Waals surface area (Å²) in [6.07, 6.45) is 4.20.